The van der Waals surface area contributed by atoms with Gasteiger partial charge in [0, 0.05) is 19.2 Å². The van der Waals surface area contributed by atoms with E-state index in [1.165, 1.54) is 6.07 Å². The first-order valence-electron chi connectivity index (χ1n) is 9.40. The van der Waals surface area contributed by atoms with Crippen molar-refractivity contribution in [3.63, 3.8) is 0 Å². The van der Waals surface area contributed by atoms with Crippen molar-refractivity contribution in [2.75, 3.05) is 6.61 Å². The van der Waals surface area contributed by atoms with Crippen molar-refractivity contribution in [3.05, 3.63) is 51.8 Å². The highest BCUT2D eigenvalue weighted by atomic mass is 35.5. The zero-order valence-electron chi connectivity index (χ0n) is 16.6. The van der Waals surface area contributed by atoms with Crippen LogP contribution in [0, 0.1) is 5.41 Å². The Morgan fingerprint density at radius 2 is 1.97 bits per heavy atom. The van der Waals surface area contributed by atoms with Crippen LogP contribution in [0.4, 0.5) is 13.2 Å². The SMILES string of the molecule is Cn1c(Cl)c2c(c1C(=O)NCc1ccccc1OCC(F)(F)F)CCC(C)(C)C2. The molecule has 0 unspecified atom stereocenters. The number of benzene rings is 1. The second-order valence-corrected chi connectivity index (χ2v) is 8.55. The number of halogens is 4. The van der Waals surface area contributed by atoms with Crippen molar-refractivity contribution in [1.82, 2.24) is 9.88 Å². The number of hydrogen-bond acceptors (Lipinski definition) is 2. The van der Waals surface area contributed by atoms with E-state index in [0.29, 0.717) is 16.4 Å². The zero-order valence-corrected chi connectivity index (χ0v) is 17.4. The number of fused-ring (bicyclic) bond motifs is 1. The van der Waals surface area contributed by atoms with E-state index in [4.69, 9.17) is 16.3 Å². The minimum absolute atomic E-state index is 0.0515. The summed E-state index contributed by atoms with van der Waals surface area (Å²) in [6.45, 7) is 3.03. The van der Waals surface area contributed by atoms with Gasteiger partial charge in [-0.15, -0.1) is 0 Å². The third-order valence-electron chi connectivity index (χ3n) is 5.25. The van der Waals surface area contributed by atoms with Gasteiger partial charge in [0.25, 0.3) is 5.91 Å². The van der Waals surface area contributed by atoms with Gasteiger partial charge in [-0.05, 0) is 41.9 Å². The second-order valence-electron chi connectivity index (χ2n) is 8.19. The first-order chi connectivity index (χ1) is 13.5. The fraction of sp³-hybridized carbons (Fsp3) is 0.476. The van der Waals surface area contributed by atoms with Gasteiger partial charge in [0.15, 0.2) is 6.61 Å². The van der Waals surface area contributed by atoms with E-state index in [1.54, 1.807) is 29.8 Å². The van der Waals surface area contributed by atoms with Gasteiger partial charge in [0.05, 0.1) is 0 Å². The number of rotatable bonds is 5. The Kier molecular flexibility index (Phi) is 5.90. The Morgan fingerprint density at radius 3 is 2.66 bits per heavy atom. The average Bonchev–Trinajstić information content (AvgIpc) is 2.88. The first-order valence-corrected chi connectivity index (χ1v) is 9.78. The normalized spacial score (nSPS) is 15.7. The molecule has 158 valence electrons. The van der Waals surface area contributed by atoms with E-state index in [-0.39, 0.29) is 23.6 Å². The van der Waals surface area contributed by atoms with E-state index >= 15 is 0 Å². The Morgan fingerprint density at radius 1 is 1.28 bits per heavy atom. The molecule has 4 nitrogen and oxygen atoms in total. The smallest absolute Gasteiger partial charge is 0.422 e. The van der Waals surface area contributed by atoms with Gasteiger partial charge in [-0.25, -0.2) is 0 Å². The molecule has 0 bridgehead atoms. The molecular weight excluding hydrogens is 405 g/mol. The molecule has 1 amide bonds. The summed E-state index contributed by atoms with van der Waals surface area (Å²) in [4.78, 5) is 12.9. The number of carbonyl (C=O) groups is 1. The average molecular weight is 429 g/mol. The van der Waals surface area contributed by atoms with E-state index in [2.05, 4.69) is 19.2 Å². The number of nitrogens with one attached hydrogen (secondary N) is 1. The summed E-state index contributed by atoms with van der Waals surface area (Å²) < 4.78 is 43.9. The van der Waals surface area contributed by atoms with Gasteiger partial charge >= 0.3 is 6.18 Å². The minimum Gasteiger partial charge on any atom is -0.484 e. The maximum absolute atomic E-state index is 12.9. The summed E-state index contributed by atoms with van der Waals surface area (Å²) >= 11 is 6.49. The molecule has 0 atom stereocenters. The lowest BCUT2D eigenvalue weighted by Gasteiger charge is -2.29. The molecule has 1 N–H and O–H groups in total. The van der Waals surface area contributed by atoms with Crippen LogP contribution in [-0.2, 0) is 26.4 Å². The van der Waals surface area contributed by atoms with Gasteiger partial charge in [0.1, 0.15) is 16.6 Å². The highest BCUT2D eigenvalue weighted by Gasteiger charge is 2.33. The van der Waals surface area contributed by atoms with E-state index in [9.17, 15) is 18.0 Å². The highest BCUT2D eigenvalue weighted by Crippen LogP contribution is 2.40. The van der Waals surface area contributed by atoms with Crippen LogP contribution in [0.25, 0.3) is 0 Å². The number of amides is 1. The molecule has 0 saturated heterocycles. The van der Waals surface area contributed by atoms with Gasteiger partial charge < -0.3 is 14.6 Å². The molecule has 1 aliphatic carbocycles. The van der Waals surface area contributed by atoms with E-state index in [0.717, 1.165) is 30.4 Å². The van der Waals surface area contributed by atoms with Crippen molar-refractivity contribution in [3.8, 4) is 5.75 Å². The van der Waals surface area contributed by atoms with Crippen LogP contribution >= 0.6 is 11.6 Å². The monoisotopic (exact) mass is 428 g/mol. The van der Waals surface area contributed by atoms with Gasteiger partial charge in [-0.3, -0.25) is 4.79 Å². The summed E-state index contributed by atoms with van der Waals surface area (Å²) in [5.74, 6) is -0.209. The Bertz CT molecular complexity index is 919. The number of aromatic nitrogens is 1. The van der Waals surface area contributed by atoms with Crippen molar-refractivity contribution in [1.29, 1.82) is 0 Å². The fourth-order valence-corrected chi connectivity index (χ4v) is 4.01. The van der Waals surface area contributed by atoms with Gasteiger partial charge in [-0.1, -0.05) is 43.6 Å². The molecule has 1 aromatic carbocycles. The van der Waals surface area contributed by atoms with E-state index < -0.39 is 12.8 Å². The summed E-state index contributed by atoms with van der Waals surface area (Å²) in [6, 6.07) is 6.36. The van der Waals surface area contributed by atoms with Gasteiger partial charge in [-0.2, -0.15) is 13.2 Å². The molecule has 8 heteroatoms. The molecule has 1 aliphatic rings. The number of carbonyl (C=O) groups excluding carboxylic acids is 1. The molecule has 1 aromatic heterocycles. The van der Waals surface area contributed by atoms with Gasteiger partial charge in [0.2, 0.25) is 0 Å². The lowest BCUT2D eigenvalue weighted by molar-refractivity contribution is -0.153. The van der Waals surface area contributed by atoms with Crippen LogP contribution < -0.4 is 10.1 Å². The zero-order chi connectivity index (χ0) is 21.4. The summed E-state index contributed by atoms with van der Waals surface area (Å²) in [6.07, 6.45) is -1.91. The highest BCUT2D eigenvalue weighted by molar-refractivity contribution is 6.31. The molecule has 0 spiro atoms. The molecule has 3 rings (SSSR count). The number of para-hydroxylation sites is 1. The summed E-state index contributed by atoms with van der Waals surface area (Å²) in [5, 5.41) is 3.36. The molecule has 0 fully saturated rings. The molecule has 1 heterocycles. The number of ether oxygens (including phenoxy) is 1. The minimum atomic E-state index is -4.43. The Balaban J connectivity index is 1.76. The quantitative estimate of drug-likeness (QED) is 0.723. The lowest BCUT2D eigenvalue weighted by Crippen LogP contribution is -2.28. The summed E-state index contributed by atoms with van der Waals surface area (Å²) in [5.41, 5.74) is 3.07. The maximum atomic E-state index is 12.9. The maximum Gasteiger partial charge on any atom is 0.422 e. The topological polar surface area (TPSA) is 43.3 Å². The fourth-order valence-electron chi connectivity index (χ4n) is 3.75. The number of alkyl halides is 3. The van der Waals surface area contributed by atoms with Crippen LogP contribution in [-0.4, -0.2) is 23.3 Å². The molecule has 0 saturated carbocycles. The molecule has 29 heavy (non-hydrogen) atoms. The summed E-state index contributed by atoms with van der Waals surface area (Å²) in [7, 11) is 1.75. The van der Waals surface area contributed by atoms with Crippen molar-refractivity contribution >= 4 is 17.5 Å². The van der Waals surface area contributed by atoms with Crippen LogP contribution in [0.5, 0.6) is 5.75 Å². The number of nitrogens with zero attached hydrogens (tertiary/aromatic N) is 1. The second kappa shape index (κ2) is 7.94. The van der Waals surface area contributed by atoms with Crippen LogP contribution in [0.3, 0.4) is 0 Å². The van der Waals surface area contributed by atoms with Crippen LogP contribution in [0.2, 0.25) is 5.15 Å². The Hall–Kier alpha value is -2.15. The predicted octanol–water partition coefficient (Wildman–Crippen LogP) is 5.06. The molecule has 0 radical (unpaired) electrons. The largest absolute Gasteiger partial charge is 0.484 e. The third-order valence-corrected chi connectivity index (χ3v) is 5.74. The first kappa shape index (κ1) is 21.6. The molecular formula is C21H24ClF3N2O2. The number of hydrogen-bond donors (Lipinski definition) is 1. The standard InChI is InChI=1S/C21H24ClF3N2O2/c1-20(2)9-8-14-15(10-20)18(22)27(3)17(14)19(28)26-11-13-6-4-5-7-16(13)29-12-21(23,24)25/h4-7H,8-12H2,1-3H3,(H,26,28). The van der Waals surface area contributed by atoms with Crippen molar-refractivity contribution < 1.29 is 22.7 Å². The Labute approximate surface area is 173 Å². The van der Waals surface area contributed by atoms with Crippen molar-refractivity contribution in [2.45, 2.75) is 45.8 Å². The van der Waals surface area contributed by atoms with Crippen LogP contribution in [0.1, 0.15) is 47.4 Å². The lowest BCUT2D eigenvalue weighted by atomic mass is 9.75. The van der Waals surface area contributed by atoms with Crippen LogP contribution in [0.15, 0.2) is 24.3 Å². The molecule has 2 aromatic rings. The predicted molar refractivity (Wildman–Crippen MR) is 105 cm³/mol. The van der Waals surface area contributed by atoms with Crippen molar-refractivity contribution in [2.24, 2.45) is 12.5 Å². The van der Waals surface area contributed by atoms with E-state index in [1.807, 2.05) is 0 Å². The third kappa shape index (κ3) is 4.89. The molecule has 0 aliphatic heterocycles.